The minimum atomic E-state index is -3.55. The van der Waals surface area contributed by atoms with Gasteiger partial charge >= 0.3 is 0 Å². The average molecular weight is 402 g/mol. The van der Waals surface area contributed by atoms with Gasteiger partial charge in [-0.25, -0.2) is 8.42 Å². The molecule has 0 bridgehead atoms. The molecule has 0 spiro atoms. The molecular formula is C21H27N3O3S. The van der Waals surface area contributed by atoms with Crippen molar-refractivity contribution >= 4 is 27.3 Å². The van der Waals surface area contributed by atoms with Crippen LogP contribution in [0.25, 0.3) is 0 Å². The van der Waals surface area contributed by atoms with Crippen LogP contribution in [0.2, 0.25) is 0 Å². The van der Waals surface area contributed by atoms with Gasteiger partial charge in [0.25, 0.3) is 5.91 Å². The molecule has 0 aromatic heterocycles. The molecular weight excluding hydrogens is 374 g/mol. The first-order valence-corrected chi connectivity index (χ1v) is 11.0. The van der Waals surface area contributed by atoms with Crippen molar-refractivity contribution in [3.63, 3.8) is 0 Å². The number of sulfonamides is 1. The lowest BCUT2D eigenvalue weighted by atomic mass is 10.2. The van der Waals surface area contributed by atoms with E-state index in [4.69, 9.17) is 0 Å². The first kappa shape index (κ1) is 20.4. The Hall–Kier alpha value is -2.38. The summed E-state index contributed by atoms with van der Waals surface area (Å²) in [6, 6.07) is 13.7. The van der Waals surface area contributed by atoms with Crippen LogP contribution in [0, 0.1) is 0 Å². The highest BCUT2D eigenvalue weighted by molar-refractivity contribution is 7.89. The first-order chi connectivity index (χ1) is 13.4. The molecule has 3 rings (SSSR count). The molecule has 2 aromatic carbocycles. The Labute approximate surface area is 167 Å². The van der Waals surface area contributed by atoms with Crippen molar-refractivity contribution in [1.82, 2.24) is 4.31 Å². The minimum absolute atomic E-state index is 0.218. The van der Waals surface area contributed by atoms with E-state index < -0.39 is 10.0 Å². The molecule has 7 heteroatoms. The Bertz CT molecular complexity index is 916. The number of anilines is 2. The number of benzene rings is 2. The largest absolute Gasteiger partial charge is 0.378 e. The molecule has 0 aliphatic carbocycles. The first-order valence-electron chi connectivity index (χ1n) is 9.57. The van der Waals surface area contributed by atoms with Crippen LogP contribution >= 0.6 is 0 Å². The smallest absolute Gasteiger partial charge is 0.255 e. The molecule has 1 N–H and O–H groups in total. The monoisotopic (exact) mass is 401 g/mol. The summed E-state index contributed by atoms with van der Waals surface area (Å²) in [6.45, 7) is 1.11. The lowest BCUT2D eigenvalue weighted by molar-refractivity contribution is 0.102. The quantitative estimate of drug-likeness (QED) is 0.832. The molecule has 2 aromatic rings. The number of rotatable bonds is 5. The van der Waals surface area contributed by atoms with Crippen LogP contribution in [0.3, 0.4) is 0 Å². The fourth-order valence-corrected chi connectivity index (χ4v) is 4.84. The van der Waals surface area contributed by atoms with Crippen molar-refractivity contribution in [1.29, 1.82) is 0 Å². The van der Waals surface area contributed by atoms with Gasteiger partial charge in [0.05, 0.1) is 4.90 Å². The van der Waals surface area contributed by atoms with Crippen LogP contribution in [0.15, 0.2) is 53.4 Å². The maximum absolute atomic E-state index is 13.0. The number of carbonyl (C=O) groups is 1. The second kappa shape index (κ2) is 8.75. The third-order valence-corrected chi connectivity index (χ3v) is 6.84. The molecule has 1 saturated heterocycles. The molecule has 1 fully saturated rings. The number of hydrogen-bond acceptors (Lipinski definition) is 4. The van der Waals surface area contributed by atoms with E-state index in [1.165, 1.54) is 6.07 Å². The third-order valence-electron chi connectivity index (χ3n) is 4.94. The van der Waals surface area contributed by atoms with Gasteiger partial charge in [0.15, 0.2) is 0 Å². The Kier molecular flexibility index (Phi) is 6.36. The van der Waals surface area contributed by atoms with Crippen molar-refractivity contribution < 1.29 is 13.2 Å². The van der Waals surface area contributed by atoms with Gasteiger partial charge in [-0.05, 0) is 55.3 Å². The standard InChI is InChI=1S/C21H27N3O3S/c1-23(2)19-12-10-17(11-13-19)21(25)22-18-8-7-9-20(16-18)28(26,27)24-14-5-3-4-6-15-24/h7-13,16H,3-6,14-15H2,1-2H3,(H,22,25). The van der Waals surface area contributed by atoms with Crippen LogP contribution in [-0.2, 0) is 10.0 Å². The van der Waals surface area contributed by atoms with Gasteiger partial charge < -0.3 is 10.2 Å². The Morgan fingerprint density at radius 3 is 2.21 bits per heavy atom. The maximum Gasteiger partial charge on any atom is 0.255 e. The summed E-state index contributed by atoms with van der Waals surface area (Å²) >= 11 is 0. The predicted octanol–water partition coefficient (Wildman–Crippen LogP) is 3.57. The summed E-state index contributed by atoms with van der Waals surface area (Å²) in [6.07, 6.45) is 3.90. The maximum atomic E-state index is 13.0. The normalized spacial score (nSPS) is 15.6. The third kappa shape index (κ3) is 4.72. The number of hydrogen-bond donors (Lipinski definition) is 1. The molecule has 0 atom stereocenters. The van der Waals surface area contributed by atoms with E-state index in [1.807, 2.05) is 31.1 Å². The lowest BCUT2D eigenvalue weighted by Crippen LogP contribution is -2.32. The second-order valence-electron chi connectivity index (χ2n) is 7.24. The number of carbonyl (C=O) groups excluding carboxylic acids is 1. The molecule has 150 valence electrons. The Morgan fingerprint density at radius 1 is 0.964 bits per heavy atom. The molecule has 0 unspecified atom stereocenters. The van der Waals surface area contributed by atoms with Gasteiger partial charge in [0.1, 0.15) is 0 Å². The Morgan fingerprint density at radius 2 is 1.61 bits per heavy atom. The molecule has 1 aliphatic rings. The van der Waals surface area contributed by atoms with Crippen LogP contribution in [0.1, 0.15) is 36.0 Å². The van der Waals surface area contributed by atoms with Crippen LogP contribution in [-0.4, -0.2) is 45.8 Å². The summed E-state index contributed by atoms with van der Waals surface area (Å²) < 4.78 is 27.5. The van der Waals surface area contributed by atoms with Gasteiger partial charge in [0, 0.05) is 44.1 Å². The SMILES string of the molecule is CN(C)c1ccc(C(=O)Nc2cccc(S(=O)(=O)N3CCCCCC3)c2)cc1. The summed E-state index contributed by atoms with van der Waals surface area (Å²) in [7, 11) is 0.325. The highest BCUT2D eigenvalue weighted by Gasteiger charge is 2.25. The minimum Gasteiger partial charge on any atom is -0.378 e. The van der Waals surface area contributed by atoms with E-state index in [-0.39, 0.29) is 10.8 Å². The van der Waals surface area contributed by atoms with Gasteiger partial charge in [0.2, 0.25) is 10.0 Å². The van der Waals surface area contributed by atoms with E-state index in [0.717, 1.165) is 31.4 Å². The van der Waals surface area contributed by atoms with Crippen molar-refractivity contribution in [3.05, 3.63) is 54.1 Å². The average Bonchev–Trinajstić information content (AvgIpc) is 2.98. The van der Waals surface area contributed by atoms with Gasteiger partial charge in [-0.15, -0.1) is 0 Å². The lowest BCUT2D eigenvalue weighted by Gasteiger charge is -2.20. The van der Waals surface area contributed by atoms with Crippen molar-refractivity contribution in [2.24, 2.45) is 0 Å². The van der Waals surface area contributed by atoms with Crippen LogP contribution in [0.5, 0.6) is 0 Å². The van der Waals surface area contributed by atoms with E-state index in [0.29, 0.717) is 24.3 Å². The second-order valence-corrected chi connectivity index (χ2v) is 9.18. The summed E-state index contributed by atoms with van der Waals surface area (Å²) in [5.74, 6) is -0.269. The highest BCUT2D eigenvalue weighted by Crippen LogP contribution is 2.23. The number of nitrogens with zero attached hydrogens (tertiary/aromatic N) is 2. The van der Waals surface area contributed by atoms with Crippen molar-refractivity contribution in [2.45, 2.75) is 30.6 Å². The van der Waals surface area contributed by atoms with Crippen molar-refractivity contribution in [3.8, 4) is 0 Å². The van der Waals surface area contributed by atoms with E-state index in [2.05, 4.69) is 5.32 Å². The van der Waals surface area contributed by atoms with Crippen LogP contribution < -0.4 is 10.2 Å². The predicted molar refractivity (Wildman–Crippen MR) is 112 cm³/mol. The summed E-state index contributed by atoms with van der Waals surface area (Å²) in [4.78, 5) is 14.7. The van der Waals surface area contributed by atoms with Crippen molar-refractivity contribution in [2.75, 3.05) is 37.4 Å². The topological polar surface area (TPSA) is 69.7 Å². The van der Waals surface area contributed by atoms with Gasteiger partial charge in [-0.1, -0.05) is 18.9 Å². The summed E-state index contributed by atoms with van der Waals surface area (Å²) in [5, 5.41) is 2.80. The molecule has 28 heavy (non-hydrogen) atoms. The number of amides is 1. The van der Waals surface area contributed by atoms with E-state index in [1.54, 1.807) is 34.6 Å². The fourth-order valence-electron chi connectivity index (χ4n) is 3.28. The molecule has 0 radical (unpaired) electrons. The fraction of sp³-hybridized carbons (Fsp3) is 0.381. The van der Waals surface area contributed by atoms with E-state index >= 15 is 0 Å². The van der Waals surface area contributed by atoms with Gasteiger partial charge in [-0.2, -0.15) is 4.31 Å². The van der Waals surface area contributed by atoms with Gasteiger partial charge in [-0.3, -0.25) is 4.79 Å². The molecule has 0 saturated carbocycles. The molecule has 6 nitrogen and oxygen atoms in total. The molecule has 1 aliphatic heterocycles. The zero-order valence-corrected chi connectivity index (χ0v) is 17.2. The zero-order chi connectivity index (χ0) is 20.1. The molecule has 1 heterocycles. The van der Waals surface area contributed by atoms with Crippen LogP contribution in [0.4, 0.5) is 11.4 Å². The summed E-state index contributed by atoms with van der Waals surface area (Å²) in [5.41, 5.74) is 1.99. The number of nitrogens with one attached hydrogen (secondary N) is 1. The Balaban J connectivity index is 1.76. The molecule has 1 amide bonds. The van der Waals surface area contributed by atoms with E-state index in [9.17, 15) is 13.2 Å². The zero-order valence-electron chi connectivity index (χ0n) is 16.4. The highest BCUT2D eigenvalue weighted by atomic mass is 32.2.